The van der Waals surface area contributed by atoms with Crippen LogP contribution in [-0.2, 0) is 15.9 Å². The second kappa shape index (κ2) is 6.71. The zero-order valence-corrected chi connectivity index (χ0v) is 15.4. The molecule has 134 valence electrons. The zero-order chi connectivity index (χ0) is 18.9. The highest BCUT2D eigenvalue weighted by Gasteiger charge is 2.53. The average Bonchev–Trinajstić information content (AvgIpc) is 3.06. The number of halogens is 1. The summed E-state index contributed by atoms with van der Waals surface area (Å²) in [6, 6.07) is 5.47. The van der Waals surface area contributed by atoms with Gasteiger partial charge in [0.1, 0.15) is 18.0 Å². The monoisotopic (exact) mass is 353 g/mol. The molecule has 1 aliphatic heterocycles. The van der Waals surface area contributed by atoms with Gasteiger partial charge in [-0.3, -0.25) is 9.67 Å². The Kier molecular flexibility index (Phi) is 4.74. The van der Waals surface area contributed by atoms with Gasteiger partial charge < -0.3 is 9.31 Å². The fourth-order valence-corrected chi connectivity index (χ4v) is 2.59. The predicted octanol–water partition coefficient (Wildman–Crippen LogP) is 3.52. The summed E-state index contributed by atoms with van der Waals surface area (Å²) in [4.78, 5) is 4.29. The van der Waals surface area contributed by atoms with Gasteiger partial charge >= 0.3 is 7.12 Å². The third kappa shape index (κ3) is 3.43. The van der Waals surface area contributed by atoms with E-state index in [0.29, 0.717) is 17.0 Å². The summed E-state index contributed by atoms with van der Waals surface area (Å²) >= 11 is 0. The number of nitrogens with zero attached hydrogens (tertiary/aromatic N) is 3. The molecular weight excluding hydrogens is 332 g/mol. The molecule has 0 amide bonds. The van der Waals surface area contributed by atoms with E-state index in [1.807, 2.05) is 45.9 Å². The van der Waals surface area contributed by atoms with Crippen molar-refractivity contribution in [1.82, 2.24) is 14.8 Å². The van der Waals surface area contributed by atoms with Crippen molar-refractivity contribution < 1.29 is 13.7 Å². The molecule has 0 aromatic carbocycles. The Bertz CT molecular complexity index is 853. The van der Waals surface area contributed by atoms with Crippen LogP contribution in [0.4, 0.5) is 4.39 Å². The first-order chi connectivity index (χ1) is 12.2. The van der Waals surface area contributed by atoms with Crippen LogP contribution in [0.1, 0.15) is 33.3 Å². The van der Waals surface area contributed by atoms with Crippen LogP contribution in [-0.4, -0.2) is 33.1 Å². The molecule has 1 saturated heterocycles. The first-order valence-electron chi connectivity index (χ1n) is 8.38. The number of rotatable bonds is 4. The minimum atomic E-state index is -1.06. The highest BCUT2D eigenvalue weighted by Crippen LogP contribution is 2.39. The van der Waals surface area contributed by atoms with Crippen molar-refractivity contribution in [2.75, 3.05) is 0 Å². The van der Waals surface area contributed by atoms with E-state index in [-0.39, 0.29) is 6.54 Å². The van der Waals surface area contributed by atoms with E-state index in [9.17, 15) is 4.39 Å². The topological polar surface area (TPSA) is 49.2 Å². The molecule has 5 nitrogen and oxygen atoms in total. The summed E-state index contributed by atoms with van der Waals surface area (Å²) in [5, 5.41) is 4.43. The molecule has 3 rings (SSSR count). The van der Waals surface area contributed by atoms with Gasteiger partial charge in [0.05, 0.1) is 16.9 Å². The molecule has 2 aromatic rings. The maximum atomic E-state index is 14.9. The third-order valence-electron chi connectivity index (χ3n) is 4.72. The summed E-state index contributed by atoms with van der Waals surface area (Å²) in [7, 11) is -1.06. The smallest absolute Gasteiger partial charge is 0.398 e. The molecular formula is C19H21BFN3O2. The van der Waals surface area contributed by atoms with Crippen LogP contribution >= 0.6 is 0 Å². The Morgan fingerprint density at radius 1 is 1.31 bits per heavy atom. The molecule has 1 fully saturated rings. The standard InChI is InChI=1S/C19H21BFN3O2/c1-6-11-24-13-14(17(23-24)15-9-7-8-10-22-15)12-16(21)20-25-18(2,3)19(4,5)26-20/h1,7-10,12-13H,11H2,2-5H3. The lowest BCUT2D eigenvalue weighted by atomic mass is 9.87. The first kappa shape index (κ1) is 18.4. The molecule has 3 heterocycles. The Labute approximate surface area is 153 Å². The van der Waals surface area contributed by atoms with E-state index in [0.717, 1.165) is 0 Å². The third-order valence-corrected chi connectivity index (χ3v) is 4.72. The SMILES string of the molecule is C#CCn1cc(C=C(F)B2OC(C)(C)C(C)(C)O2)c(-c2ccccn2)n1. The molecule has 1 aliphatic rings. The Balaban J connectivity index is 1.96. The van der Waals surface area contributed by atoms with Crippen LogP contribution in [0.15, 0.2) is 36.3 Å². The summed E-state index contributed by atoms with van der Waals surface area (Å²) in [6.45, 7) is 7.80. The lowest BCUT2D eigenvalue weighted by molar-refractivity contribution is 0.00578. The van der Waals surface area contributed by atoms with E-state index in [4.69, 9.17) is 15.7 Å². The molecule has 2 aromatic heterocycles. The summed E-state index contributed by atoms with van der Waals surface area (Å²) in [6.07, 6.45) is 10.1. The molecule has 0 spiro atoms. The Hall–Kier alpha value is -2.43. The highest BCUT2D eigenvalue weighted by atomic mass is 19.1. The van der Waals surface area contributed by atoms with Crippen molar-refractivity contribution in [3.05, 3.63) is 41.9 Å². The van der Waals surface area contributed by atoms with Crippen LogP contribution in [0, 0.1) is 12.3 Å². The van der Waals surface area contributed by atoms with Crippen molar-refractivity contribution in [1.29, 1.82) is 0 Å². The molecule has 7 heteroatoms. The number of hydrogen-bond donors (Lipinski definition) is 0. The van der Waals surface area contributed by atoms with Crippen LogP contribution in [0.3, 0.4) is 0 Å². The van der Waals surface area contributed by atoms with E-state index >= 15 is 0 Å². The number of pyridine rings is 1. The van der Waals surface area contributed by atoms with Gasteiger partial charge in [0.25, 0.3) is 0 Å². The molecule has 0 saturated carbocycles. The average molecular weight is 353 g/mol. The van der Waals surface area contributed by atoms with E-state index in [1.54, 1.807) is 17.1 Å². The van der Waals surface area contributed by atoms with Gasteiger partial charge in [0.2, 0.25) is 0 Å². The predicted molar refractivity (Wildman–Crippen MR) is 99.5 cm³/mol. The van der Waals surface area contributed by atoms with Crippen LogP contribution in [0.25, 0.3) is 17.5 Å². The van der Waals surface area contributed by atoms with Crippen LogP contribution in [0.2, 0.25) is 0 Å². The second-order valence-corrected chi connectivity index (χ2v) is 7.17. The van der Waals surface area contributed by atoms with Gasteiger partial charge in [-0.05, 0) is 45.9 Å². The molecule has 0 bridgehead atoms. The van der Waals surface area contributed by atoms with Gasteiger partial charge in [-0.2, -0.15) is 5.10 Å². The zero-order valence-electron chi connectivity index (χ0n) is 15.4. The van der Waals surface area contributed by atoms with Gasteiger partial charge in [0.15, 0.2) is 0 Å². The quantitative estimate of drug-likeness (QED) is 0.623. The maximum absolute atomic E-state index is 14.9. The van der Waals surface area contributed by atoms with E-state index < -0.39 is 24.0 Å². The minimum absolute atomic E-state index is 0.284. The number of aromatic nitrogens is 3. The second-order valence-electron chi connectivity index (χ2n) is 7.17. The Morgan fingerprint density at radius 2 is 2.00 bits per heavy atom. The lowest BCUT2D eigenvalue weighted by Crippen LogP contribution is -2.41. The molecule has 0 aliphatic carbocycles. The lowest BCUT2D eigenvalue weighted by Gasteiger charge is -2.32. The van der Waals surface area contributed by atoms with E-state index in [1.165, 1.54) is 6.08 Å². The molecule has 26 heavy (non-hydrogen) atoms. The number of hydrogen-bond acceptors (Lipinski definition) is 4. The van der Waals surface area contributed by atoms with Crippen molar-refractivity contribution in [2.45, 2.75) is 45.4 Å². The fraction of sp³-hybridized carbons (Fsp3) is 0.368. The Morgan fingerprint density at radius 3 is 2.58 bits per heavy atom. The molecule has 0 N–H and O–H groups in total. The normalized spacial score (nSPS) is 18.8. The van der Waals surface area contributed by atoms with Crippen molar-refractivity contribution in [2.24, 2.45) is 0 Å². The highest BCUT2D eigenvalue weighted by molar-refractivity contribution is 6.54. The van der Waals surface area contributed by atoms with E-state index in [2.05, 4.69) is 16.0 Å². The maximum Gasteiger partial charge on any atom is 0.525 e. The largest absolute Gasteiger partial charge is 0.525 e. The fourth-order valence-electron chi connectivity index (χ4n) is 2.59. The summed E-state index contributed by atoms with van der Waals surface area (Å²) in [5.74, 6) is 2.52. The first-order valence-corrected chi connectivity index (χ1v) is 8.38. The molecule has 0 atom stereocenters. The summed E-state index contributed by atoms with van der Waals surface area (Å²) < 4.78 is 28.0. The van der Waals surface area contributed by atoms with Gasteiger partial charge in [0, 0.05) is 18.0 Å². The van der Waals surface area contributed by atoms with Gasteiger partial charge in [-0.25, -0.2) is 4.39 Å². The van der Waals surface area contributed by atoms with Gasteiger partial charge in [-0.15, -0.1) is 6.42 Å². The van der Waals surface area contributed by atoms with Crippen molar-refractivity contribution in [3.8, 4) is 23.7 Å². The van der Waals surface area contributed by atoms with Crippen LogP contribution < -0.4 is 0 Å². The van der Waals surface area contributed by atoms with Crippen molar-refractivity contribution in [3.63, 3.8) is 0 Å². The minimum Gasteiger partial charge on any atom is -0.398 e. The molecule has 0 unspecified atom stereocenters. The van der Waals surface area contributed by atoms with Crippen molar-refractivity contribution >= 4 is 13.2 Å². The van der Waals surface area contributed by atoms with Gasteiger partial charge in [-0.1, -0.05) is 12.0 Å². The summed E-state index contributed by atoms with van der Waals surface area (Å²) in [5.41, 5.74) is -0.00307. The number of terminal acetylenes is 1. The molecule has 0 radical (unpaired) electrons. The van der Waals surface area contributed by atoms with Crippen LogP contribution in [0.5, 0.6) is 0 Å².